The zero-order valence-corrected chi connectivity index (χ0v) is 21.7. The Morgan fingerprint density at radius 3 is 2.62 bits per heavy atom. The Labute approximate surface area is 209 Å². The largest absolute Gasteiger partial charge is 0.357 e. The van der Waals surface area contributed by atoms with E-state index in [1.807, 2.05) is 25.2 Å². The number of amides is 1. The standard InChI is InChI=1S/C25H35N5O.HI/c1-4-26-25(28-18-24(31)29(3)16-13-22-12-8-9-15-27-22)30-17-14-23(20(2)19-30)21-10-6-5-7-11-21;/h5-12,15,20,23H,4,13-14,16-19H2,1-3H3,(H,26,28);1H. The number of rotatable bonds is 7. The molecule has 1 aromatic heterocycles. The summed E-state index contributed by atoms with van der Waals surface area (Å²) >= 11 is 0. The first-order chi connectivity index (χ1) is 15.1. The summed E-state index contributed by atoms with van der Waals surface area (Å²) in [6.07, 6.45) is 3.62. The normalized spacial score (nSPS) is 18.6. The molecule has 1 fully saturated rings. The van der Waals surface area contributed by atoms with Gasteiger partial charge in [0, 0.05) is 51.5 Å². The van der Waals surface area contributed by atoms with E-state index in [9.17, 15) is 4.79 Å². The number of nitrogens with one attached hydrogen (secondary N) is 1. The van der Waals surface area contributed by atoms with E-state index in [4.69, 9.17) is 0 Å². The molecular formula is C25H36IN5O. The van der Waals surface area contributed by atoms with E-state index >= 15 is 0 Å². The highest BCUT2D eigenvalue weighted by atomic mass is 127. The van der Waals surface area contributed by atoms with Crippen LogP contribution in [-0.4, -0.2) is 66.4 Å². The second-order valence-corrected chi connectivity index (χ2v) is 8.29. The number of likely N-dealkylation sites (tertiary alicyclic amines) is 1. The quantitative estimate of drug-likeness (QED) is 0.325. The van der Waals surface area contributed by atoms with Gasteiger partial charge < -0.3 is 15.1 Å². The van der Waals surface area contributed by atoms with Crippen molar-refractivity contribution >= 4 is 35.8 Å². The third-order valence-electron chi connectivity index (χ3n) is 5.99. The number of pyridine rings is 1. The lowest BCUT2D eigenvalue weighted by Crippen LogP contribution is -2.48. The van der Waals surface area contributed by atoms with Crippen molar-refractivity contribution in [3.05, 3.63) is 66.0 Å². The number of guanidine groups is 1. The molecule has 32 heavy (non-hydrogen) atoms. The van der Waals surface area contributed by atoms with Crippen LogP contribution in [0.2, 0.25) is 0 Å². The number of piperidine rings is 1. The molecular weight excluding hydrogens is 513 g/mol. The number of aliphatic imine (C=N–C) groups is 1. The van der Waals surface area contributed by atoms with Gasteiger partial charge in [-0.25, -0.2) is 4.99 Å². The molecule has 0 saturated carbocycles. The number of carbonyl (C=O) groups is 1. The maximum Gasteiger partial charge on any atom is 0.244 e. The van der Waals surface area contributed by atoms with Crippen molar-refractivity contribution in [2.75, 3.05) is 39.8 Å². The summed E-state index contributed by atoms with van der Waals surface area (Å²) in [5.41, 5.74) is 2.41. The fourth-order valence-electron chi connectivity index (χ4n) is 4.18. The second-order valence-electron chi connectivity index (χ2n) is 8.29. The summed E-state index contributed by atoms with van der Waals surface area (Å²) < 4.78 is 0. The van der Waals surface area contributed by atoms with Gasteiger partial charge in [0.05, 0.1) is 0 Å². The Bertz CT molecular complexity index is 846. The van der Waals surface area contributed by atoms with Crippen molar-refractivity contribution in [1.29, 1.82) is 0 Å². The first-order valence-electron chi connectivity index (χ1n) is 11.3. The summed E-state index contributed by atoms with van der Waals surface area (Å²) in [6, 6.07) is 16.6. The maximum atomic E-state index is 12.6. The van der Waals surface area contributed by atoms with Crippen LogP contribution >= 0.6 is 24.0 Å². The van der Waals surface area contributed by atoms with E-state index in [0.29, 0.717) is 18.4 Å². The van der Waals surface area contributed by atoms with Crippen LogP contribution in [0, 0.1) is 5.92 Å². The summed E-state index contributed by atoms with van der Waals surface area (Å²) in [4.78, 5) is 25.6. The highest BCUT2D eigenvalue weighted by molar-refractivity contribution is 14.0. The van der Waals surface area contributed by atoms with Gasteiger partial charge in [-0.1, -0.05) is 43.3 Å². The molecule has 1 aromatic carbocycles. The van der Waals surface area contributed by atoms with Gasteiger partial charge in [-0.2, -0.15) is 0 Å². The first-order valence-corrected chi connectivity index (χ1v) is 11.3. The van der Waals surface area contributed by atoms with Gasteiger partial charge in [0.15, 0.2) is 5.96 Å². The molecule has 0 radical (unpaired) electrons. The average molecular weight is 550 g/mol. The van der Waals surface area contributed by atoms with Gasteiger partial charge in [-0.3, -0.25) is 9.78 Å². The molecule has 1 N–H and O–H groups in total. The summed E-state index contributed by atoms with van der Waals surface area (Å²) in [7, 11) is 1.83. The zero-order valence-electron chi connectivity index (χ0n) is 19.4. The van der Waals surface area contributed by atoms with Crippen LogP contribution in [-0.2, 0) is 11.2 Å². The van der Waals surface area contributed by atoms with Crippen molar-refractivity contribution < 1.29 is 4.79 Å². The Balaban J connectivity index is 0.00000363. The lowest BCUT2D eigenvalue weighted by molar-refractivity contribution is -0.128. The fraction of sp³-hybridized carbons (Fsp3) is 0.480. The number of aromatic nitrogens is 1. The Morgan fingerprint density at radius 2 is 1.97 bits per heavy atom. The molecule has 0 spiro atoms. The third-order valence-corrected chi connectivity index (χ3v) is 5.99. The van der Waals surface area contributed by atoms with Crippen LogP contribution in [0.3, 0.4) is 0 Å². The molecule has 0 aliphatic carbocycles. The van der Waals surface area contributed by atoms with Crippen LogP contribution in [0.25, 0.3) is 0 Å². The monoisotopic (exact) mass is 549 g/mol. The minimum Gasteiger partial charge on any atom is -0.357 e. The predicted molar refractivity (Wildman–Crippen MR) is 142 cm³/mol. The number of nitrogens with zero attached hydrogens (tertiary/aromatic N) is 4. The minimum absolute atomic E-state index is 0. The summed E-state index contributed by atoms with van der Waals surface area (Å²) in [5, 5.41) is 3.37. The smallest absolute Gasteiger partial charge is 0.244 e. The van der Waals surface area contributed by atoms with Gasteiger partial charge in [0.1, 0.15) is 6.54 Å². The minimum atomic E-state index is 0. The van der Waals surface area contributed by atoms with Gasteiger partial charge in [0.25, 0.3) is 0 Å². The number of benzene rings is 1. The SMILES string of the molecule is CCNC(=NCC(=O)N(C)CCc1ccccn1)N1CCC(c2ccccc2)C(C)C1.I. The molecule has 2 atom stereocenters. The molecule has 2 heterocycles. The molecule has 3 rings (SSSR count). The van der Waals surface area contributed by atoms with Crippen LogP contribution in [0.5, 0.6) is 0 Å². The zero-order chi connectivity index (χ0) is 22.1. The maximum absolute atomic E-state index is 12.6. The van der Waals surface area contributed by atoms with Gasteiger partial charge in [0.2, 0.25) is 5.91 Å². The van der Waals surface area contributed by atoms with E-state index in [0.717, 1.165) is 44.1 Å². The van der Waals surface area contributed by atoms with Crippen molar-refractivity contribution in [1.82, 2.24) is 20.1 Å². The topological polar surface area (TPSA) is 60.8 Å². The Morgan fingerprint density at radius 1 is 1.22 bits per heavy atom. The molecule has 2 aromatic rings. The van der Waals surface area contributed by atoms with Crippen molar-refractivity contribution in [2.24, 2.45) is 10.9 Å². The van der Waals surface area contributed by atoms with Crippen LogP contribution in [0.4, 0.5) is 0 Å². The number of hydrogen-bond donors (Lipinski definition) is 1. The highest BCUT2D eigenvalue weighted by Crippen LogP contribution is 2.32. The van der Waals surface area contributed by atoms with Crippen molar-refractivity contribution in [2.45, 2.75) is 32.6 Å². The Kier molecular flexibility index (Phi) is 10.9. The van der Waals surface area contributed by atoms with Gasteiger partial charge in [-0.05, 0) is 42.9 Å². The summed E-state index contributed by atoms with van der Waals surface area (Å²) in [6.45, 7) is 7.85. The van der Waals surface area contributed by atoms with E-state index < -0.39 is 0 Å². The molecule has 1 aliphatic heterocycles. The predicted octanol–water partition coefficient (Wildman–Crippen LogP) is 3.79. The average Bonchev–Trinajstić information content (AvgIpc) is 2.81. The summed E-state index contributed by atoms with van der Waals surface area (Å²) in [5.74, 6) is 1.96. The molecule has 1 saturated heterocycles. The van der Waals surface area contributed by atoms with Crippen LogP contribution in [0.15, 0.2) is 59.7 Å². The Hall–Kier alpha value is -2.16. The van der Waals surface area contributed by atoms with Gasteiger partial charge >= 0.3 is 0 Å². The first kappa shape index (κ1) is 26.1. The van der Waals surface area contributed by atoms with Crippen molar-refractivity contribution in [3.8, 4) is 0 Å². The van der Waals surface area contributed by atoms with Crippen LogP contribution in [0.1, 0.15) is 37.4 Å². The molecule has 6 nitrogen and oxygen atoms in total. The van der Waals surface area contributed by atoms with Crippen molar-refractivity contribution in [3.63, 3.8) is 0 Å². The lowest BCUT2D eigenvalue weighted by Gasteiger charge is -2.39. The third kappa shape index (κ3) is 7.46. The van der Waals surface area contributed by atoms with Gasteiger partial charge in [-0.15, -0.1) is 24.0 Å². The number of likely N-dealkylation sites (N-methyl/N-ethyl adjacent to an activating group) is 1. The molecule has 2 unspecified atom stereocenters. The lowest BCUT2D eigenvalue weighted by atomic mass is 9.82. The fourth-order valence-corrected chi connectivity index (χ4v) is 4.18. The number of halogens is 1. The molecule has 1 aliphatic rings. The van der Waals surface area contributed by atoms with E-state index in [-0.39, 0.29) is 36.4 Å². The molecule has 0 bridgehead atoms. The van der Waals surface area contributed by atoms with Crippen LogP contribution < -0.4 is 5.32 Å². The second kappa shape index (κ2) is 13.4. The number of carbonyl (C=O) groups excluding carboxylic acids is 1. The molecule has 1 amide bonds. The highest BCUT2D eigenvalue weighted by Gasteiger charge is 2.28. The van der Waals surface area contributed by atoms with E-state index in [1.54, 1.807) is 11.1 Å². The molecule has 174 valence electrons. The number of hydrogen-bond acceptors (Lipinski definition) is 3. The van der Waals surface area contributed by atoms with E-state index in [2.05, 4.69) is 64.4 Å². The van der Waals surface area contributed by atoms with E-state index in [1.165, 1.54) is 5.56 Å². The molecule has 7 heteroatoms.